The van der Waals surface area contributed by atoms with Gasteiger partial charge in [-0.1, -0.05) is 24.3 Å². The van der Waals surface area contributed by atoms with Crippen LogP contribution in [-0.2, 0) is 6.54 Å². The first-order chi connectivity index (χ1) is 16.9. The number of nitrogens with one attached hydrogen (secondary N) is 3. The molecule has 0 fully saturated rings. The highest BCUT2D eigenvalue weighted by Crippen LogP contribution is 2.25. The second-order valence-electron chi connectivity index (χ2n) is 7.35. The van der Waals surface area contributed by atoms with Crippen molar-refractivity contribution >= 4 is 35.0 Å². The first-order valence-corrected chi connectivity index (χ1v) is 10.4. The summed E-state index contributed by atoms with van der Waals surface area (Å²) in [7, 11) is 0. The SMILES string of the molecule is Nc1ccc(CNC(=O)Nc2ccc(-c3ncc(C(=O)O)c(Nc4ccccc4)n3)cc2F)cn1. The Morgan fingerprint density at radius 1 is 1.00 bits per heavy atom. The van der Waals surface area contributed by atoms with Gasteiger partial charge in [-0.05, 0) is 42.0 Å². The van der Waals surface area contributed by atoms with Crippen molar-refractivity contribution in [3.8, 4) is 11.4 Å². The summed E-state index contributed by atoms with van der Waals surface area (Å²) >= 11 is 0. The second kappa shape index (κ2) is 10.3. The van der Waals surface area contributed by atoms with Gasteiger partial charge in [0.05, 0.1) is 5.69 Å². The summed E-state index contributed by atoms with van der Waals surface area (Å²) < 4.78 is 14.7. The van der Waals surface area contributed by atoms with Crippen molar-refractivity contribution in [2.24, 2.45) is 0 Å². The summed E-state index contributed by atoms with van der Waals surface area (Å²) in [6.45, 7) is 0.180. The molecule has 4 aromatic rings. The Balaban J connectivity index is 1.49. The van der Waals surface area contributed by atoms with E-state index in [1.807, 2.05) is 6.07 Å². The number of carboxylic acids is 1. The van der Waals surface area contributed by atoms with E-state index in [1.54, 1.807) is 36.4 Å². The smallest absolute Gasteiger partial charge is 0.341 e. The summed E-state index contributed by atoms with van der Waals surface area (Å²) in [5.74, 6) is -1.38. The number of para-hydroxylation sites is 1. The number of hydrogen-bond donors (Lipinski definition) is 5. The van der Waals surface area contributed by atoms with Gasteiger partial charge in [-0.3, -0.25) is 0 Å². The van der Waals surface area contributed by atoms with Gasteiger partial charge >= 0.3 is 12.0 Å². The zero-order chi connectivity index (χ0) is 24.8. The Bertz CT molecular complexity index is 1370. The molecule has 0 saturated carbocycles. The third-order valence-corrected chi connectivity index (χ3v) is 4.83. The quantitative estimate of drug-likeness (QED) is 0.269. The molecule has 0 aliphatic rings. The van der Waals surface area contributed by atoms with Crippen LogP contribution in [-0.4, -0.2) is 32.1 Å². The lowest BCUT2D eigenvalue weighted by atomic mass is 10.1. The number of nitrogens with two attached hydrogens (primary N) is 1. The number of amides is 2. The zero-order valence-electron chi connectivity index (χ0n) is 18.2. The summed E-state index contributed by atoms with van der Waals surface area (Å²) in [6.07, 6.45) is 2.68. The molecule has 0 bridgehead atoms. The van der Waals surface area contributed by atoms with Crippen LogP contribution >= 0.6 is 0 Å². The second-order valence-corrected chi connectivity index (χ2v) is 7.35. The molecular formula is C24H20FN7O3. The standard InChI is InChI=1S/C24H20FN7O3/c25-18-10-15(7-8-19(18)31-24(35)29-12-14-6-9-20(26)27-11-14)21-28-13-17(23(33)34)22(32-21)30-16-4-2-1-3-5-16/h1-11,13H,12H2,(H2,26,27)(H,33,34)(H,28,30,32)(H2,29,31,35). The molecule has 0 saturated heterocycles. The van der Waals surface area contributed by atoms with Crippen molar-refractivity contribution in [1.29, 1.82) is 0 Å². The summed E-state index contributed by atoms with van der Waals surface area (Å²) in [4.78, 5) is 36.0. The molecule has 2 aromatic carbocycles. The molecule has 0 aliphatic heterocycles. The molecule has 176 valence electrons. The van der Waals surface area contributed by atoms with Crippen LogP contribution < -0.4 is 21.7 Å². The number of carboxylic acid groups (broad SMARTS) is 1. The molecule has 4 rings (SSSR count). The fourth-order valence-corrected chi connectivity index (χ4v) is 3.08. The predicted molar refractivity (Wildman–Crippen MR) is 129 cm³/mol. The summed E-state index contributed by atoms with van der Waals surface area (Å²) in [6, 6.07) is 15.7. The average molecular weight is 473 g/mol. The Morgan fingerprint density at radius 3 is 2.49 bits per heavy atom. The van der Waals surface area contributed by atoms with Crippen molar-refractivity contribution < 1.29 is 19.1 Å². The minimum absolute atomic E-state index is 0.0496. The topological polar surface area (TPSA) is 155 Å². The molecule has 0 radical (unpaired) electrons. The lowest BCUT2D eigenvalue weighted by Crippen LogP contribution is -2.28. The van der Waals surface area contributed by atoms with Crippen molar-refractivity contribution in [2.75, 3.05) is 16.4 Å². The maximum Gasteiger partial charge on any atom is 0.341 e. The molecule has 0 spiro atoms. The maximum atomic E-state index is 14.7. The van der Waals surface area contributed by atoms with Crippen molar-refractivity contribution in [1.82, 2.24) is 20.3 Å². The lowest BCUT2D eigenvalue weighted by Gasteiger charge is -2.11. The Morgan fingerprint density at radius 2 is 1.80 bits per heavy atom. The van der Waals surface area contributed by atoms with Gasteiger partial charge in [0.25, 0.3) is 0 Å². The maximum absolute atomic E-state index is 14.7. The number of nitrogen functional groups attached to an aromatic ring is 1. The number of nitrogens with zero attached hydrogens (tertiary/aromatic N) is 3. The number of aromatic carboxylic acids is 1. The Hall–Kier alpha value is -5.06. The summed E-state index contributed by atoms with van der Waals surface area (Å²) in [5, 5.41) is 17.4. The van der Waals surface area contributed by atoms with Gasteiger partial charge in [0, 0.05) is 30.2 Å². The van der Waals surface area contributed by atoms with Crippen LogP contribution in [0.25, 0.3) is 11.4 Å². The minimum Gasteiger partial charge on any atom is -0.477 e. The van der Waals surface area contributed by atoms with Crippen molar-refractivity contribution in [2.45, 2.75) is 6.54 Å². The van der Waals surface area contributed by atoms with E-state index in [-0.39, 0.29) is 29.4 Å². The third kappa shape index (κ3) is 5.85. The van der Waals surface area contributed by atoms with E-state index in [4.69, 9.17) is 5.73 Å². The number of halogens is 1. The van der Waals surface area contributed by atoms with E-state index in [0.717, 1.165) is 17.8 Å². The van der Waals surface area contributed by atoms with Gasteiger partial charge in [0.1, 0.15) is 23.0 Å². The number of carbonyl (C=O) groups is 2. The van der Waals surface area contributed by atoms with Gasteiger partial charge in [0.15, 0.2) is 5.82 Å². The number of rotatable bonds is 7. The molecule has 10 nitrogen and oxygen atoms in total. The van der Waals surface area contributed by atoms with Gasteiger partial charge in [-0.2, -0.15) is 0 Å². The fourth-order valence-electron chi connectivity index (χ4n) is 3.08. The minimum atomic E-state index is -1.21. The molecule has 0 aliphatic carbocycles. The normalized spacial score (nSPS) is 10.4. The van der Waals surface area contributed by atoms with Gasteiger partial charge < -0.3 is 26.8 Å². The highest BCUT2D eigenvalue weighted by Gasteiger charge is 2.16. The molecule has 2 heterocycles. The predicted octanol–water partition coefficient (Wildman–Crippen LogP) is 4.02. The number of carbonyl (C=O) groups excluding carboxylic acids is 1. The molecule has 0 atom stereocenters. The largest absolute Gasteiger partial charge is 0.477 e. The van der Waals surface area contributed by atoms with Crippen molar-refractivity contribution in [3.63, 3.8) is 0 Å². The lowest BCUT2D eigenvalue weighted by molar-refractivity contribution is 0.0697. The van der Waals surface area contributed by atoms with E-state index in [0.29, 0.717) is 17.1 Å². The molecular weight excluding hydrogens is 453 g/mol. The summed E-state index contributed by atoms with van der Waals surface area (Å²) in [5.41, 5.74) is 7.00. The van der Waals surface area contributed by atoms with Crippen LogP contribution in [0.3, 0.4) is 0 Å². The number of hydrogen-bond acceptors (Lipinski definition) is 7. The molecule has 2 amide bonds. The third-order valence-electron chi connectivity index (χ3n) is 4.83. The average Bonchev–Trinajstić information content (AvgIpc) is 2.85. The molecule has 11 heteroatoms. The Kier molecular flexibility index (Phi) is 6.77. The molecule has 0 unspecified atom stereocenters. The number of benzene rings is 2. The molecule has 6 N–H and O–H groups in total. The van der Waals surface area contributed by atoms with Gasteiger partial charge in [-0.25, -0.2) is 28.9 Å². The van der Waals surface area contributed by atoms with E-state index >= 15 is 0 Å². The number of urea groups is 1. The van der Waals surface area contributed by atoms with E-state index in [9.17, 15) is 19.1 Å². The van der Waals surface area contributed by atoms with Crippen LogP contribution in [0.5, 0.6) is 0 Å². The van der Waals surface area contributed by atoms with Crippen molar-refractivity contribution in [3.05, 3.63) is 90.0 Å². The van der Waals surface area contributed by atoms with Gasteiger partial charge in [-0.15, -0.1) is 0 Å². The highest BCUT2D eigenvalue weighted by atomic mass is 19.1. The molecule has 35 heavy (non-hydrogen) atoms. The first kappa shape index (κ1) is 23.1. The van der Waals surface area contributed by atoms with Crippen LogP contribution in [0.4, 0.5) is 32.2 Å². The Labute approximate surface area is 199 Å². The monoisotopic (exact) mass is 473 g/mol. The van der Waals surface area contributed by atoms with Crippen LogP contribution in [0.15, 0.2) is 73.1 Å². The van der Waals surface area contributed by atoms with E-state index in [1.165, 1.54) is 18.3 Å². The molecule has 2 aromatic heterocycles. The number of anilines is 4. The fraction of sp³-hybridized carbons (Fsp3) is 0.0417. The number of pyridine rings is 1. The van der Waals surface area contributed by atoms with Crippen LogP contribution in [0.1, 0.15) is 15.9 Å². The number of aromatic nitrogens is 3. The van der Waals surface area contributed by atoms with Crippen LogP contribution in [0, 0.1) is 5.82 Å². The van der Waals surface area contributed by atoms with E-state index < -0.39 is 17.8 Å². The van der Waals surface area contributed by atoms with Gasteiger partial charge in [0.2, 0.25) is 0 Å². The highest BCUT2D eigenvalue weighted by molar-refractivity contribution is 5.94. The van der Waals surface area contributed by atoms with E-state index in [2.05, 4.69) is 30.9 Å². The zero-order valence-corrected chi connectivity index (χ0v) is 18.2. The first-order valence-electron chi connectivity index (χ1n) is 10.4. The van der Waals surface area contributed by atoms with Crippen LogP contribution in [0.2, 0.25) is 0 Å².